The minimum absolute atomic E-state index is 0.0701. The van der Waals surface area contributed by atoms with Crippen molar-refractivity contribution in [3.8, 4) is 0 Å². The smallest absolute Gasteiger partial charge is 0.261 e. The predicted octanol–water partition coefficient (Wildman–Crippen LogP) is 3.07. The van der Waals surface area contributed by atoms with E-state index in [4.69, 9.17) is 0 Å². The quantitative estimate of drug-likeness (QED) is 0.553. The summed E-state index contributed by atoms with van der Waals surface area (Å²) in [4.78, 5) is 11.8. The van der Waals surface area contributed by atoms with Gasteiger partial charge in [-0.2, -0.15) is 0 Å². The molecule has 0 aliphatic rings. The molecule has 0 aliphatic heterocycles. The fourth-order valence-electron chi connectivity index (χ4n) is 1.18. The van der Waals surface area contributed by atoms with E-state index in [1.807, 2.05) is 12.1 Å². The largest absolute Gasteiger partial charge is 0.374 e. The Bertz CT molecular complexity index is 418. The van der Waals surface area contributed by atoms with Crippen LogP contribution in [0.3, 0.4) is 0 Å². The first-order valence-corrected chi connectivity index (χ1v) is 6.97. The summed E-state index contributed by atoms with van der Waals surface area (Å²) in [6, 6.07) is 5.36. The molecule has 0 radical (unpaired) electrons. The van der Waals surface area contributed by atoms with E-state index in [-0.39, 0.29) is 19.1 Å². The maximum absolute atomic E-state index is 11.8. The van der Waals surface area contributed by atoms with E-state index < -0.39 is 13.0 Å². The monoisotopic (exact) mass is 433 g/mol. The van der Waals surface area contributed by atoms with Crippen LogP contribution in [-0.2, 0) is 4.74 Å². The van der Waals surface area contributed by atoms with Gasteiger partial charge in [0.1, 0.15) is 6.61 Å². The van der Waals surface area contributed by atoms with Gasteiger partial charge < -0.3 is 10.1 Å². The van der Waals surface area contributed by atoms with Crippen molar-refractivity contribution in [3.05, 3.63) is 31.8 Å². The van der Waals surface area contributed by atoms with Gasteiger partial charge in [0.15, 0.2) is 0 Å². The third-order valence-corrected chi connectivity index (χ3v) is 3.38. The minimum Gasteiger partial charge on any atom is -0.374 e. The zero-order valence-electron chi connectivity index (χ0n) is 9.26. The molecule has 0 unspecified atom stereocenters. The molecule has 1 rings (SSSR count). The Hall–Kier alpha value is -0.280. The van der Waals surface area contributed by atoms with Crippen molar-refractivity contribution in [2.75, 3.05) is 19.8 Å². The summed E-state index contributed by atoms with van der Waals surface area (Å²) in [6.07, 6.45) is -2.48. The number of halogens is 4. The van der Waals surface area contributed by atoms with E-state index in [1.165, 1.54) is 0 Å². The molecule has 0 saturated heterocycles. The Morgan fingerprint density at radius 2 is 2.22 bits per heavy atom. The average Bonchev–Trinajstić information content (AvgIpc) is 2.31. The number of ether oxygens (including phenoxy) is 1. The lowest BCUT2D eigenvalue weighted by Crippen LogP contribution is -2.28. The van der Waals surface area contributed by atoms with Gasteiger partial charge in [0.2, 0.25) is 0 Å². The fourth-order valence-corrected chi connectivity index (χ4v) is 2.12. The molecule has 100 valence electrons. The van der Waals surface area contributed by atoms with Crippen LogP contribution < -0.4 is 5.32 Å². The number of carbonyl (C=O) groups excluding carboxylic acids is 1. The molecule has 0 fully saturated rings. The highest BCUT2D eigenvalue weighted by molar-refractivity contribution is 14.1. The lowest BCUT2D eigenvalue weighted by molar-refractivity contribution is 0.0188. The molecule has 0 bridgehead atoms. The summed E-state index contributed by atoms with van der Waals surface area (Å²) in [6.45, 7) is -0.334. The number of amides is 1. The van der Waals surface area contributed by atoms with Crippen molar-refractivity contribution in [1.29, 1.82) is 0 Å². The highest BCUT2D eigenvalue weighted by Gasteiger charge is 2.10. The van der Waals surface area contributed by atoms with Gasteiger partial charge in [-0.05, 0) is 40.8 Å². The van der Waals surface area contributed by atoms with Crippen LogP contribution in [-0.4, -0.2) is 32.1 Å². The predicted molar refractivity (Wildman–Crippen MR) is 76.0 cm³/mol. The standard InChI is InChI=1S/C11H11BrF2INO2/c12-7-1-2-9(15)8(5-7)11(17)16-3-4-18-6-10(13)14/h1-2,5,10H,3-4,6H2,(H,16,17). The summed E-state index contributed by atoms with van der Waals surface area (Å²) < 4.78 is 29.8. The molecule has 3 nitrogen and oxygen atoms in total. The summed E-state index contributed by atoms with van der Waals surface area (Å²) in [5.41, 5.74) is 0.541. The summed E-state index contributed by atoms with van der Waals surface area (Å²) >= 11 is 5.34. The first kappa shape index (κ1) is 15.8. The second kappa shape index (κ2) is 8.00. The Kier molecular flexibility index (Phi) is 7.02. The highest BCUT2D eigenvalue weighted by Crippen LogP contribution is 2.18. The molecule has 18 heavy (non-hydrogen) atoms. The lowest BCUT2D eigenvalue weighted by atomic mass is 10.2. The van der Waals surface area contributed by atoms with Gasteiger partial charge in [0.25, 0.3) is 12.3 Å². The average molecular weight is 434 g/mol. The van der Waals surface area contributed by atoms with Gasteiger partial charge in [0.05, 0.1) is 12.2 Å². The Morgan fingerprint density at radius 3 is 2.89 bits per heavy atom. The van der Waals surface area contributed by atoms with Crippen LogP contribution in [0.2, 0.25) is 0 Å². The van der Waals surface area contributed by atoms with Crippen molar-refractivity contribution in [1.82, 2.24) is 5.32 Å². The van der Waals surface area contributed by atoms with Gasteiger partial charge >= 0.3 is 0 Å². The van der Waals surface area contributed by atoms with E-state index >= 15 is 0 Å². The van der Waals surface area contributed by atoms with Crippen molar-refractivity contribution in [3.63, 3.8) is 0 Å². The molecular formula is C11H11BrF2INO2. The fraction of sp³-hybridized carbons (Fsp3) is 0.364. The van der Waals surface area contributed by atoms with Crippen LogP contribution in [0.5, 0.6) is 0 Å². The van der Waals surface area contributed by atoms with Gasteiger partial charge in [0, 0.05) is 14.6 Å². The molecule has 0 saturated carbocycles. The van der Waals surface area contributed by atoms with E-state index in [0.29, 0.717) is 5.56 Å². The van der Waals surface area contributed by atoms with E-state index in [1.54, 1.807) is 6.07 Å². The second-order valence-corrected chi connectivity index (χ2v) is 5.42. The van der Waals surface area contributed by atoms with E-state index in [9.17, 15) is 13.6 Å². The third-order valence-electron chi connectivity index (χ3n) is 1.95. The molecule has 7 heteroatoms. The van der Waals surface area contributed by atoms with E-state index in [0.717, 1.165) is 8.04 Å². The third kappa shape index (κ3) is 5.57. The molecular weight excluding hydrogens is 423 g/mol. The van der Waals surface area contributed by atoms with Gasteiger partial charge in [-0.15, -0.1) is 0 Å². The lowest BCUT2D eigenvalue weighted by Gasteiger charge is -2.08. The number of alkyl halides is 2. The summed E-state index contributed by atoms with van der Waals surface area (Å²) in [5, 5.41) is 2.61. The first-order valence-electron chi connectivity index (χ1n) is 5.10. The normalized spacial score (nSPS) is 10.7. The SMILES string of the molecule is O=C(NCCOCC(F)F)c1cc(Br)ccc1I. The van der Waals surface area contributed by atoms with Gasteiger partial charge in [-0.25, -0.2) is 8.78 Å². The van der Waals surface area contributed by atoms with Gasteiger partial charge in [-0.3, -0.25) is 4.79 Å². The molecule has 0 heterocycles. The Balaban J connectivity index is 2.39. The number of hydrogen-bond donors (Lipinski definition) is 1. The van der Waals surface area contributed by atoms with Crippen molar-refractivity contribution in [2.45, 2.75) is 6.43 Å². The molecule has 0 aliphatic carbocycles. The minimum atomic E-state index is -2.48. The first-order chi connectivity index (χ1) is 8.50. The van der Waals surface area contributed by atoms with Crippen LogP contribution in [0.4, 0.5) is 8.78 Å². The van der Waals surface area contributed by atoms with Crippen LogP contribution in [0.15, 0.2) is 22.7 Å². The zero-order chi connectivity index (χ0) is 13.5. The van der Waals surface area contributed by atoms with E-state index in [2.05, 4.69) is 48.6 Å². The molecule has 1 amide bonds. The van der Waals surface area contributed by atoms with Crippen LogP contribution in [0.1, 0.15) is 10.4 Å². The number of nitrogens with one attached hydrogen (secondary N) is 1. The topological polar surface area (TPSA) is 38.3 Å². The highest BCUT2D eigenvalue weighted by atomic mass is 127. The molecule has 0 aromatic heterocycles. The molecule has 0 spiro atoms. The number of rotatable bonds is 6. The molecule has 0 atom stereocenters. The molecule has 1 N–H and O–H groups in total. The molecule has 1 aromatic rings. The maximum atomic E-state index is 11.8. The Morgan fingerprint density at radius 1 is 1.50 bits per heavy atom. The number of hydrogen-bond acceptors (Lipinski definition) is 2. The van der Waals surface area contributed by atoms with Crippen LogP contribution in [0, 0.1) is 3.57 Å². The van der Waals surface area contributed by atoms with Crippen molar-refractivity contribution in [2.24, 2.45) is 0 Å². The number of benzene rings is 1. The van der Waals surface area contributed by atoms with Crippen molar-refractivity contribution >= 4 is 44.4 Å². The molecule has 1 aromatic carbocycles. The second-order valence-electron chi connectivity index (χ2n) is 3.35. The van der Waals surface area contributed by atoms with Crippen LogP contribution in [0.25, 0.3) is 0 Å². The van der Waals surface area contributed by atoms with Crippen molar-refractivity contribution < 1.29 is 18.3 Å². The summed E-state index contributed by atoms with van der Waals surface area (Å²) in [7, 11) is 0. The summed E-state index contributed by atoms with van der Waals surface area (Å²) in [5.74, 6) is -0.249. The zero-order valence-corrected chi connectivity index (χ0v) is 13.0. The van der Waals surface area contributed by atoms with Gasteiger partial charge in [-0.1, -0.05) is 15.9 Å². The van der Waals surface area contributed by atoms with Crippen LogP contribution >= 0.6 is 38.5 Å². The maximum Gasteiger partial charge on any atom is 0.261 e. The number of carbonyl (C=O) groups is 1. The Labute approximate surface area is 126 Å².